The maximum Gasteiger partial charge on any atom is 0.174 e. The summed E-state index contributed by atoms with van der Waals surface area (Å²) in [6, 6.07) is 22.0. The van der Waals surface area contributed by atoms with Crippen molar-refractivity contribution in [2.45, 2.75) is 19.0 Å². The van der Waals surface area contributed by atoms with Gasteiger partial charge in [0.2, 0.25) is 0 Å². The third kappa shape index (κ3) is 3.71. The Kier molecular flexibility index (Phi) is 5.56. The molecule has 1 fully saturated rings. The zero-order chi connectivity index (χ0) is 21.9. The lowest BCUT2D eigenvalue weighted by molar-refractivity contribution is 0.340. The highest BCUT2D eigenvalue weighted by Crippen LogP contribution is 2.42. The number of rotatable bonds is 6. The van der Waals surface area contributed by atoms with Crippen LogP contribution < -0.4 is 15.0 Å². The summed E-state index contributed by atoms with van der Waals surface area (Å²) in [5, 5.41) is 4.17. The van der Waals surface area contributed by atoms with Gasteiger partial charge >= 0.3 is 0 Å². The van der Waals surface area contributed by atoms with Crippen molar-refractivity contribution in [3.05, 3.63) is 103 Å². The molecule has 0 spiro atoms. The maximum atomic E-state index is 5.83. The Bertz CT molecular complexity index is 1190. The molecule has 7 heteroatoms. The van der Waals surface area contributed by atoms with E-state index >= 15 is 0 Å². The van der Waals surface area contributed by atoms with Crippen molar-refractivity contribution < 1.29 is 4.74 Å². The van der Waals surface area contributed by atoms with E-state index in [-0.39, 0.29) is 12.1 Å². The lowest BCUT2D eigenvalue weighted by Gasteiger charge is -2.29. The normalized spacial score (nSPS) is 17.9. The summed E-state index contributed by atoms with van der Waals surface area (Å²) in [7, 11) is 0. The first-order valence-electron chi connectivity index (χ1n) is 10.6. The van der Waals surface area contributed by atoms with Gasteiger partial charge in [0.15, 0.2) is 5.11 Å². The molecule has 1 aliphatic heterocycles. The summed E-state index contributed by atoms with van der Waals surface area (Å²) in [4.78, 5) is 11.1. The van der Waals surface area contributed by atoms with Crippen LogP contribution in [0.4, 0.5) is 5.69 Å². The number of hydrogen-bond acceptors (Lipinski definition) is 4. The van der Waals surface area contributed by atoms with Gasteiger partial charge in [-0.15, -0.1) is 0 Å². The van der Waals surface area contributed by atoms with Crippen LogP contribution in [-0.4, -0.2) is 26.3 Å². The van der Waals surface area contributed by atoms with Crippen LogP contribution >= 0.6 is 12.2 Å². The van der Waals surface area contributed by atoms with Gasteiger partial charge in [-0.3, -0.25) is 9.97 Å². The predicted molar refractivity (Wildman–Crippen MR) is 129 cm³/mol. The maximum absolute atomic E-state index is 5.83. The molecule has 2 atom stereocenters. The van der Waals surface area contributed by atoms with Gasteiger partial charge in [-0.1, -0.05) is 6.07 Å². The number of pyridine rings is 2. The number of anilines is 1. The van der Waals surface area contributed by atoms with E-state index in [0.29, 0.717) is 11.7 Å². The zero-order valence-electron chi connectivity index (χ0n) is 17.6. The van der Waals surface area contributed by atoms with Crippen molar-refractivity contribution >= 4 is 23.0 Å². The fourth-order valence-corrected chi connectivity index (χ4v) is 4.52. The van der Waals surface area contributed by atoms with E-state index < -0.39 is 0 Å². The number of hydrogen-bond donors (Lipinski definition) is 1. The van der Waals surface area contributed by atoms with Gasteiger partial charge < -0.3 is 19.5 Å². The average molecular weight is 442 g/mol. The molecule has 160 valence electrons. The van der Waals surface area contributed by atoms with Crippen molar-refractivity contribution in [3.8, 4) is 11.4 Å². The third-order valence-corrected chi connectivity index (χ3v) is 5.85. The van der Waals surface area contributed by atoms with Crippen LogP contribution in [0.3, 0.4) is 0 Å². The minimum absolute atomic E-state index is 0.106. The Hall–Kier alpha value is -3.71. The first-order valence-corrected chi connectivity index (χ1v) is 11.0. The molecule has 1 aromatic carbocycles. The summed E-state index contributed by atoms with van der Waals surface area (Å²) in [6.45, 7) is 2.61. The molecule has 4 aromatic rings. The number of benzene rings is 1. The van der Waals surface area contributed by atoms with E-state index in [4.69, 9.17) is 17.0 Å². The van der Waals surface area contributed by atoms with Crippen LogP contribution in [0.1, 0.15) is 30.4 Å². The molecule has 0 aliphatic carbocycles. The molecule has 6 nitrogen and oxygen atoms in total. The van der Waals surface area contributed by atoms with E-state index in [9.17, 15) is 0 Å². The fourth-order valence-electron chi connectivity index (χ4n) is 4.17. The van der Waals surface area contributed by atoms with Crippen molar-refractivity contribution in [2.75, 3.05) is 11.5 Å². The van der Waals surface area contributed by atoms with Gasteiger partial charge in [-0.05, 0) is 79.8 Å². The summed E-state index contributed by atoms with van der Waals surface area (Å²) < 4.78 is 7.79. The van der Waals surface area contributed by atoms with Crippen LogP contribution in [0, 0.1) is 0 Å². The Morgan fingerprint density at radius 2 is 1.84 bits per heavy atom. The van der Waals surface area contributed by atoms with Crippen LogP contribution in [0.2, 0.25) is 0 Å². The van der Waals surface area contributed by atoms with Gasteiger partial charge in [0.25, 0.3) is 0 Å². The molecule has 1 N–H and O–H groups in total. The molecule has 0 unspecified atom stereocenters. The Balaban J connectivity index is 1.62. The molecule has 1 saturated heterocycles. The molecule has 1 aliphatic rings. The van der Waals surface area contributed by atoms with Gasteiger partial charge in [-0.25, -0.2) is 0 Å². The Labute approximate surface area is 192 Å². The van der Waals surface area contributed by atoms with Gasteiger partial charge in [0.05, 0.1) is 30.2 Å². The zero-order valence-corrected chi connectivity index (χ0v) is 18.4. The van der Waals surface area contributed by atoms with Crippen LogP contribution in [0.15, 0.2) is 91.5 Å². The van der Waals surface area contributed by atoms with Crippen LogP contribution in [0.25, 0.3) is 5.69 Å². The second-order valence-electron chi connectivity index (χ2n) is 7.44. The molecular formula is C25H23N5OS. The first kappa shape index (κ1) is 20.2. The number of nitrogens with one attached hydrogen (secondary N) is 1. The molecule has 4 heterocycles. The van der Waals surface area contributed by atoms with Gasteiger partial charge in [0, 0.05) is 30.0 Å². The van der Waals surface area contributed by atoms with Crippen LogP contribution in [-0.2, 0) is 0 Å². The van der Waals surface area contributed by atoms with Gasteiger partial charge in [-0.2, -0.15) is 0 Å². The van der Waals surface area contributed by atoms with Crippen molar-refractivity contribution in [1.29, 1.82) is 0 Å². The highest BCUT2D eigenvalue weighted by atomic mass is 32.1. The molecule has 3 aromatic heterocycles. The van der Waals surface area contributed by atoms with E-state index in [0.717, 1.165) is 28.5 Å². The highest BCUT2D eigenvalue weighted by Gasteiger charge is 2.42. The molecule has 0 saturated carbocycles. The van der Waals surface area contributed by atoms with Crippen LogP contribution in [0.5, 0.6) is 5.75 Å². The summed E-state index contributed by atoms with van der Waals surface area (Å²) in [6.07, 6.45) is 7.51. The van der Waals surface area contributed by atoms with Crippen molar-refractivity contribution in [3.63, 3.8) is 0 Å². The molecule has 0 radical (unpaired) electrons. The largest absolute Gasteiger partial charge is 0.494 e. The molecular weight excluding hydrogens is 418 g/mol. The summed E-state index contributed by atoms with van der Waals surface area (Å²) in [5.41, 5.74) is 4.02. The lowest BCUT2D eigenvalue weighted by atomic mass is 10.0. The minimum atomic E-state index is -0.111. The second kappa shape index (κ2) is 8.80. The van der Waals surface area contributed by atoms with E-state index in [1.165, 1.54) is 0 Å². The number of ether oxygens (including phenoxy) is 1. The lowest BCUT2D eigenvalue weighted by Crippen LogP contribution is -2.30. The first-order chi connectivity index (χ1) is 15.8. The molecule has 5 rings (SSSR count). The minimum Gasteiger partial charge on any atom is -0.494 e. The van der Waals surface area contributed by atoms with E-state index in [1.54, 1.807) is 6.20 Å². The molecule has 0 amide bonds. The van der Waals surface area contributed by atoms with E-state index in [1.807, 2.05) is 73.9 Å². The SMILES string of the molecule is CCOc1ccc(N2C(=S)N[C@@H](c3ccccn3)[C@H]2c2cccn2-c2cccnc2)cc1. The second-order valence-corrected chi connectivity index (χ2v) is 7.82. The van der Waals surface area contributed by atoms with E-state index in [2.05, 4.69) is 43.1 Å². The standard InChI is InChI=1S/C25H23N5OS/c1-2-31-20-12-10-18(11-13-20)30-24(23(28-25(30)32)21-8-3-4-15-27-21)22-9-6-16-29(22)19-7-5-14-26-17-19/h3-17,23-24H,2H2,1H3,(H,28,32)/t23-,24+/m0/s1. The smallest absolute Gasteiger partial charge is 0.174 e. The predicted octanol–water partition coefficient (Wildman–Crippen LogP) is 4.84. The van der Waals surface area contributed by atoms with Gasteiger partial charge in [0.1, 0.15) is 11.8 Å². The molecule has 32 heavy (non-hydrogen) atoms. The topological polar surface area (TPSA) is 55.2 Å². The number of nitrogens with zero attached hydrogens (tertiary/aromatic N) is 4. The summed E-state index contributed by atoms with van der Waals surface area (Å²) in [5.74, 6) is 0.839. The number of thiocarbonyl (C=S) groups is 1. The quantitative estimate of drug-likeness (QED) is 0.432. The molecule has 0 bridgehead atoms. The Morgan fingerprint density at radius 3 is 2.56 bits per heavy atom. The van der Waals surface area contributed by atoms with Crippen molar-refractivity contribution in [1.82, 2.24) is 19.9 Å². The Morgan fingerprint density at radius 1 is 0.969 bits per heavy atom. The average Bonchev–Trinajstić information content (AvgIpc) is 3.45. The summed E-state index contributed by atoms with van der Waals surface area (Å²) >= 11 is 5.83. The van der Waals surface area contributed by atoms with Crippen molar-refractivity contribution in [2.24, 2.45) is 0 Å². The highest BCUT2D eigenvalue weighted by molar-refractivity contribution is 7.80. The fraction of sp³-hybridized carbons (Fsp3) is 0.160. The number of aromatic nitrogens is 3. The monoisotopic (exact) mass is 441 g/mol. The third-order valence-electron chi connectivity index (χ3n) is 5.53.